The fourth-order valence-electron chi connectivity index (χ4n) is 2.54. The van der Waals surface area contributed by atoms with E-state index >= 15 is 0 Å². The Balaban J connectivity index is 1.65. The van der Waals surface area contributed by atoms with Gasteiger partial charge in [0.05, 0.1) is 26.3 Å². The van der Waals surface area contributed by atoms with Crippen LogP contribution in [0.25, 0.3) is 0 Å². The minimum atomic E-state index is -0.0717. The molecule has 23 heavy (non-hydrogen) atoms. The summed E-state index contributed by atoms with van der Waals surface area (Å²) < 4.78 is 10.9. The van der Waals surface area contributed by atoms with Gasteiger partial charge >= 0.3 is 0 Å². The van der Waals surface area contributed by atoms with Gasteiger partial charge in [-0.3, -0.25) is 4.79 Å². The van der Waals surface area contributed by atoms with E-state index in [9.17, 15) is 4.79 Å². The molecule has 1 heterocycles. The highest BCUT2D eigenvalue weighted by atomic mass is 16.5. The van der Waals surface area contributed by atoms with Crippen molar-refractivity contribution in [2.24, 2.45) is 0 Å². The highest BCUT2D eigenvalue weighted by Crippen LogP contribution is 2.24. The Morgan fingerprint density at radius 2 is 1.87 bits per heavy atom. The first-order chi connectivity index (χ1) is 10.9. The number of benzene rings is 1. The van der Waals surface area contributed by atoms with E-state index in [2.05, 4.69) is 38.2 Å². The number of amides is 1. The fraction of sp³-hybridized carbons (Fsp3) is 0.611. The third kappa shape index (κ3) is 6.20. The first kappa shape index (κ1) is 17.8. The number of quaternary nitrogens is 1. The van der Waals surface area contributed by atoms with Gasteiger partial charge in [0.2, 0.25) is 0 Å². The fourth-order valence-corrected chi connectivity index (χ4v) is 2.54. The smallest absolute Gasteiger partial charge is 0.258 e. The van der Waals surface area contributed by atoms with E-state index in [-0.39, 0.29) is 17.9 Å². The van der Waals surface area contributed by atoms with Crippen molar-refractivity contribution >= 4 is 5.91 Å². The first-order valence-corrected chi connectivity index (χ1v) is 8.36. The van der Waals surface area contributed by atoms with Gasteiger partial charge in [-0.05, 0) is 23.1 Å². The van der Waals surface area contributed by atoms with Crippen LogP contribution in [0, 0.1) is 0 Å². The van der Waals surface area contributed by atoms with Crippen LogP contribution < -0.4 is 15.0 Å². The number of morpholine rings is 1. The number of carbonyl (C=O) groups excluding carboxylic acids is 1. The Hall–Kier alpha value is -1.59. The maximum Gasteiger partial charge on any atom is 0.258 e. The molecule has 0 unspecified atom stereocenters. The Morgan fingerprint density at radius 1 is 1.22 bits per heavy atom. The summed E-state index contributed by atoms with van der Waals surface area (Å²) in [6, 6.07) is 7.95. The molecule has 1 aliphatic heterocycles. The minimum absolute atomic E-state index is 0.0628. The SMILES string of the molecule is CC(C)(C)c1ccc(OCC(=O)NCC[NH+]2CCOCC2)cc1. The molecule has 1 saturated heterocycles. The van der Waals surface area contributed by atoms with E-state index in [1.54, 1.807) is 0 Å². The Kier molecular flexibility index (Phi) is 6.42. The Bertz CT molecular complexity index is 488. The Morgan fingerprint density at radius 3 is 2.48 bits per heavy atom. The molecule has 2 N–H and O–H groups in total. The molecular formula is C18H29N2O3+. The molecule has 1 aromatic rings. The molecule has 2 rings (SSSR count). The van der Waals surface area contributed by atoms with Gasteiger partial charge in [0.15, 0.2) is 6.61 Å². The first-order valence-electron chi connectivity index (χ1n) is 8.36. The average Bonchev–Trinajstić information content (AvgIpc) is 2.53. The van der Waals surface area contributed by atoms with E-state index in [1.807, 2.05) is 12.1 Å². The third-order valence-electron chi connectivity index (χ3n) is 4.09. The zero-order valence-electron chi connectivity index (χ0n) is 14.5. The second-order valence-electron chi connectivity index (χ2n) is 7.03. The van der Waals surface area contributed by atoms with Crippen LogP contribution in [0.15, 0.2) is 24.3 Å². The lowest BCUT2D eigenvalue weighted by molar-refractivity contribution is -0.906. The van der Waals surface area contributed by atoms with Crippen molar-refractivity contribution in [2.75, 3.05) is 46.0 Å². The lowest BCUT2D eigenvalue weighted by Gasteiger charge is -2.23. The van der Waals surface area contributed by atoms with Crippen LogP contribution in [-0.2, 0) is 14.9 Å². The quantitative estimate of drug-likeness (QED) is 0.797. The van der Waals surface area contributed by atoms with Gasteiger partial charge in [0, 0.05) is 0 Å². The highest BCUT2D eigenvalue weighted by Gasteiger charge is 2.14. The highest BCUT2D eigenvalue weighted by molar-refractivity contribution is 5.77. The maximum absolute atomic E-state index is 11.8. The summed E-state index contributed by atoms with van der Waals surface area (Å²) in [5.74, 6) is 0.657. The van der Waals surface area contributed by atoms with E-state index in [4.69, 9.17) is 9.47 Å². The monoisotopic (exact) mass is 321 g/mol. The molecule has 0 radical (unpaired) electrons. The molecule has 1 amide bonds. The molecular weight excluding hydrogens is 292 g/mol. The summed E-state index contributed by atoms with van der Waals surface area (Å²) in [6.45, 7) is 11.9. The second-order valence-corrected chi connectivity index (χ2v) is 7.03. The molecule has 5 nitrogen and oxygen atoms in total. The lowest BCUT2D eigenvalue weighted by atomic mass is 9.87. The van der Waals surface area contributed by atoms with Crippen molar-refractivity contribution in [2.45, 2.75) is 26.2 Å². The van der Waals surface area contributed by atoms with Gasteiger partial charge in [-0.2, -0.15) is 0 Å². The van der Waals surface area contributed by atoms with Gasteiger partial charge in [0.1, 0.15) is 18.8 Å². The predicted octanol–water partition coefficient (Wildman–Crippen LogP) is 0.394. The summed E-state index contributed by atoms with van der Waals surface area (Å²) in [5.41, 5.74) is 1.38. The molecule has 1 aliphatic rings. The minimum Gasteiger partial charge on any atom is -0.484 e. The summed E-state index contributed by atoms with van der Waals surface area (Å²) in [7, 11) is 0. The topological polar surface area (TPSA) is 52.0 Å². The van der Waals surface area contributed by atoms with Crippen LogP contribution in [0.5, 0.6) is 5.75 Å². The molecule has 0 saturated carbocycles. The van der Waals surface area contributed by atoms with Crippen LogP contribution in [0.1, 0.15) is 26.3 Å². The number of carbonyl (C=O) groups is 1. The normalized spacial score (nSPS) is 16.1. The third-order valence-corrected chi connectivity index (χ3v) is 4.09. The summed E-state index contributed by atoms with van der Waals surface area (Å²) in [4.78, 5) is 13.3. The predicted molar refractivity (Wildman–Crippen MR) is 90.0 cm³/mol. The molecule has 0 aliphatic carbocycles. The maximum atomic E-state index is 11.8. The van der Waals surface area contributed by atoms with Crippen molar-refractivity contribution < 1.29 is 19.2 Å². The van der Waals surface area contributed by atoms with E-state index in [0.717, 1.165) is 38.6 Å². The largest absolute Gasteiger partial charge is 0.484 e. The molecule has 0 bridgehead atoms. The van der Waals surface area contributed by atoms with Crippen molar-refractivity contribution in [1.82, 2.24) is 5.32 Å². The molecule has 0 aromatic heterocycles. The standard InChI is InChI=1S/C18H28N2O3/c1-18(2,3)15-4-6-16(7-5-15)23-14-17(21)19-8-9-20-10-12-22-13-11-20/h4-7H,8-14H2,1-3H3,(H,19,21)/p+1. The van der Waals surface area contributed by atoms with E-state index in [1.165, 1.54) is 10.5 Å². The molecule has 1 aromatic carbocycles. The molecule has 1 fully saturated rings. The van der Waals surface area contributed by atoms with Crippen LogP contribution in [-0.4, -0.2) is 51.9 Å². The second kappa shape index (κ2) is 8.31. The molecule has 5 heteroatoms. The van der Waals surface area contributed by atoms with E-state index < -0.39 is 0 Å². The van der Waals surface area contributed by atoms with Gasteiger partial charge < -0.3 is 19.7 Å². The van der Waals surface area contributed by atoms with Crippen molar-refractivity contribution in [3.63, 3.8) is 0 Å². The zero-order chi connectivity index (χ0) is 16.7. The van der Waals surface area contributed by atoms with Crippen LogP contribution in [0.3, 0.4) is 0 Å². The van der Waals surface area contributed by atoms with Gasteiger partial charge in [-0.1, -0.05) is 32.9 Å². The summed E-state index contributed by atoms with van der Waals surface area (Å²) >= 11 is 0. The molecule has 0 spiro atoms. The number of ether oxygens (including phenoxy) is 2. The number of nitrogens with one attached hydrogen (secondary N) is 2. The average molecular weight is 321 g/mol. The van der Waals surface area contributed by atoms with Crippen molar-refractivity contribution in [3.8, 4) is 5.75 Å². The zero-order valence-corrected chi connectivity index (χ0v) is 14.5. The molecule has 128 valence electrons. The van der Waals surface area contributed by atoms with Crippen LogP contribution in [0.2, 0.25) is 0 Å². The van der Waals surface area contributed by atoms with Gasteiger partial charge in [-0.15, -0.1) is 0 Å². The van der Waals surface area contributed by atoms with Gasteiger partial charge in [-0.25, -0.2) is 0 Å². The van der Waals surface area contributed by atoms with Gasteiger partial charge in [0.25, 0.3) is 5.91 Å². The summed E-state index contributed by atoms with van der Waals surface area (Å²) in [5, 5.41) is 2.91. The van der Waals surface area contributed by atoms with E-state index in [0.29, 0.717) is 6.54 Å². The van der Waals surface area contributed by atoms with Crippen molar-refractivity contribution in [1.29, 1.82) is 0 Å². The van der Waals surface area contributed by atoms with Crippen molar-refractivity contribution in [3.05, 3.63) is 29.8 Å². The van der Waals surface area contributed by atoms with Crippen LogP contribution >= 0.6 is 0 Å². The number of rotatable bonds is 6. The number of hydrogen-bond acceptors (Lipinski definition) is 3. The Labute approximate surface area is 139 Å². The van der Waals surface area contributed by atoms with Crippen LogP contribution in [0.4, 0.5) is 0 Å². The number of hydrogen-bond donors (Lipinski definition) is 2. The molecule has 0 atom stereocenters. The summed E-state index contributed by atoms with van der Waals surface area (Å²) in [6.07, 6.45) is 0. The lowest BCUT2D eigenvalue weighted by Crippen LogP contribution is -3.14.